The standard InChI is InChI=1S/C50H44ClFN6O6/c51-42-29-37(14-20-46(42)64-30-32-5-3-6-35(52)27-32)55-48-41-28-34(12-18-43(41)53-31-54-48)33-10-15-38(16-11-33)63-26-25-62-24-23-61-22-4-7-36-13-17-40-39-8-1-2-9-44(39)58(49(40)56-36)45-19-21-47(59)57-50(45)60/h1-3,5-6,8-18,20,27-29,31,45H,4,7,19,21-26,30H2,(H,53,54,55)(H,57,59,60). The van der Waals surface area contributed by atoms with Gasteiger partial charge >= 0.3 is 0 Å². The summed E-state index contributed by atoms with van der Waals surface area (Å²) in [5, 5.41) is 9.12. The molecule has 14 heteroatoms. The van der Waals surface area contributed by atoms with Gasteiger partial charge < -0.3 is 28.8 Å². The first kappa shape index (κ1) is 42.4. The highest BCUT2D eigenvalue weighted by atomic mass is 35.5. The van der Waals surface area contributed by atoms with E-state index in [-0.39, 0.29) is 24.2 Å². The number of para-hydroxylation sites is 1. The molecular formula is C50H44ClFN6O6. The van der Waals surface area contributed by atoms with Crippen molar-refractivity contribution in [3.05, 3.63) is 150 Å². The lowest BCUT2D eigenvalue weighted by Gasteiger charge is -2.23. The Kier molecular flexibility index (Phi) is 13.0. The summed E-state index contributed by atoms with van der Waals surface area (Å²) in [6.07, 6.45) is 3.76. The van der Waals surface area contributed by atoms with Crippen LogP contribution in [0.15, 0.2) is 128 Å². The molecule has 8 aromatic rings. The molecule has 0 saturated carbocycles. The average molecular weight is 879 g/mol. The maximum absolute atomic E-state index is 13.6. The van der Waals surface area contributed by atoms with Crippen molar-refractivity contribution in [2.24, 2.45) is 0 Å². The minimum Gasteiger partial charge on any atom is -0.491 e. The molecule has 0 aliphatic carbocycles. The summed E-state index contributed by atoms with van der Waals surface area (Å²) >= 11 is 6.56. The van der Waals surface area contributed by atoms with E-state index in [9.17, 15) is 14.0 Å². The molecule has 1 aliphatic heterocycles. The fourth-order valence-electron chi connectivity index (χ4n) is 7.89. The highest BCUT2D eigenvalue weighted by Crippen LogP contribution is 2.35. The summed E-state index contributed by atoms with van der Waals surface area (Å²) in [4.78, 5) is 38.6. The molecule has 1 unspecified atom stereocenters. The van der Waals surface area contributed by atoms with Gasteiger partial charge in [-0.25, -0.2) is 19.3 Å². The molecular weight excluding hydrogens is 835 g/mol. The van der Waals surface area contributed by atoms with E-state index >= 15 is 0 Å². The number of piperidine rings is 1. The average Bonchev–Trinajstić information content (AvgIpc) is 3.63. The van der Waals surface area contributed by atoms with Gasteiger partial charge in [-0.1, -0.05) is 60.1 Å². The number of fused-ring (bicyclic) bond motifs is 4. The van der Waals surface area contributed by atoms with E-state index in [1.165, 1.54) is 18.5 Å². The number of nitrogens with zero attached hydrogens (tertiary/aromatic N) is 4. The van der Waals surface area contributed by atoms with E-state index in [0.717, 1.165) is 73.9 Å². The maximum atomic E-state index is 13.6. The Bertz CT molecular complexity index is 2960. The lowest BCUT2D eigenvalue weighted by atomic mass is 10.0. The van der Waals surface area contributed by atoms with Gasteiger partial charge in [0, 0.05) is 40.6 Å². The quantitative estimate of drug-likeness (QED) is 0.0633. The second-order valence-electron chi connectivity index (χ2n) is 15.4. The molecule has 1 atom stereocenters. The van der Waals surface area contributed by atoms with Gasteiger partial charge in [-0.15, -0.1) is 0 Å². The topological polar surface area (TPSA) is 139 Å². The van der Waals surface area contributed by atoms with Crippen molar-refractivity contribution < 1.29 is 32.9 Å². The van der Waals surface area contributed by atoms with Crippen molar-refractivity contribution in [1.82, 2.24) is 24.8 Å². The number of aromatic nitrogens is 4. The van der Waals surface area contributed by atoms with Crippen LogP contribution >= 0.6 is 11.6 Å². The second kappa shape index (κ2) is 19.6. The number of imide groups is 1. The van der Waals surface area contributed by atoms with Crippen molar-refractivity contribution in [3.63, 3.8) is 0 Å². The molecule has 324 valence electrons. The van der Waals surface area contributed by atoms with Crippen LogP contribution in [0.3, 0.4) is 0 Å². The van der Waals surface area contributed by atoms with Crippen LogP contribution in [0.4, 0.5) is 15.9 Å². The van der Waals surface area contributed by atoms with E-state index in [1.807, 2.05) is 83.4 Å². The molecule has 1 saturated heterocycles. The number of carbonyl (C=O) groups is 2. The fourth-order valence-corrected chi connectivity index (χ4v) is 8.12. The molecule has 12 nitrogen and oxygen atoms in total. The number of pyridine rings is 1. The number of nitrogens with one attached hydrogen (secondary N) is 2. The van der Waals surface area contributed by atoms with E-state index < -0.39 is 6.04 Å². The van der Waals surface area contributed by atoms with Gasteiger partial charge in [0.25, 0.3) is 0 Å². The predicted octanol–water partition coefficient (Wildman–Crippen LogP) is 9.94. The van der Waals surface area contributed by atoms with Crippen LogP contribution in [0.1, 0.15) is 36.6 Å². The van der Waals surface area contributed by atoms with Crippen molar-refractivity contribution in [2.75, 3.05) is 38.4 Å². The fraction of sp³-hybridized carbons (Fsp3) is 0.220. The first-order chi connectivity index (χ1) is 31.4. The number of hydrogen-bond donors (Lipinski definition) is 2. The molecule has 0 bridgehead atoms. The zero-order chi connectivity index (χ0) is 43.8. The largest absolute Gasteiger partial charge is 0.491 e. The van der Waals surface area contributed by atoms with E-state index in [1.54, 1.807) is 24.3 Å². The highest BCUT2D eigenvalue weighted by molar-refractivity contribution is 6.32. The van der Waals surface area contributed by atoms with Crippen LogP contribution < -0.4 is 20.1 Å². The molecule has 9 rings (SSSR count). The van der Waals surface area contributed by atoms with Gasteiger partial charge in [0.05, 0.1) is 35.9 Å². The number of amides is 2. The monoisotopic (exact) mass is 878 g/mol. The van der Waals surface area contributed by atoms with Gasteiger partial charge in [-0.05, 0) is 109 Å². The van der Waals surface area contributed by atoms with Crippen LogP contribution in [-0.4, -0.2) is 64.4 Å². The third-order valence-corrected chi connectivity index (χ3v) is 11.3. The normalized spacial score (nSPS) is 14.0. The van der Waals surface area contributed by atoms with Crippen molar-refractivity contribution in [1.29, 1.82) is 0 Å². The third-order valence-electron chi connectivity index (χ3n) is 11.0. The van der Waals surface area contributed by atoms with Crippen LogP contribution in [-0.2, 0) is 32.1 Å². The number of aryl methyl sites for hydroxylation is 1. The lowest BCUT2D eigenvalue weighted by molar-refractivity contribution is -0.135. The first-order valence-electron chi connectivity index (χ1n) is 21.2. The Hall–Kier alpha value is -6.93. The van der Waals surface area contributed by atoms with Gasteiger partial charge in [-0.3, -0.25) is 14.9 Å². The van der Waals surface area contributed by atoms with Crippen LogP contribution in [0.5, 0.6) is 11.5 Å². The minimum atomic E-state index is -0.489. The second-order valence-corrected chi connectivity index (χ2v) is 15.8. The van der Waals surface area contributed by atoms with Gasteiger partial charge in [0.2, 0.25) is 11.8 Å². The molecule has 3 aromatic heterocycles. The maximum Gasteiger partial charge on any atom is 0.249 e. The summed E-state index contributed by atoms with van der Waals surface area (Å²) < 4.78 is 38.9. The minimum absolute atomic E-state index is 0.191. The number of anilines is 2. The number of halogens is 2. The molecule has 4 heterocycles. The third kappa shape index (κ3) is 9.82. The SMILES string of the molecule is O=C1CCC(n2c3ccccc3c3ccc(CCCOCCOCCOc4ccc(-c5ccc6ncnc(Nc7ccc(OCc8cccc(F)c8)c(Cl)c7)c6c5)cc4)nc32)C(=O)N1. The van der Waals surface area contributed by atoms with Gasteiger partial charge in [-0.2, -0.15) is 0 Å². The molecule has 2 N–H and O–H groups in total. The number of benzene rings is 5. The Morgan fingerprint density at radius 2 is 1.59 bits per heavy atom. The Morgan fingerprint density at radius 1 is 0.766 bits per heavy atom. The first-order valence-corrected chi connectivity index (χ1v) is 21.5. The number of rotatable bonds is 18. The van der Waals surface area contributed by atoms with E-state index in [4.69, 9.17) is 35.5 Å². The predicted molar refractivity (Wildman–Crippen MR) is 245 cm³/mol. The van der Waals surface area contributed by atoms with E-state index in [2.05, 4.69) is 26.7 Å². The van der Waals surface area contributed by atoms with Gasteiger partial charge in [0.15, 0.2) is 0 Å². The summed E-state index contributed by atoms with van der Waals surface area (Å²) in [6, 6.07) is 37.1. The number of ether oxygens (including phenoxy) is 4. The molecule has 5 aromatic carbocycles. The van der Waals surface area contributed by atoms with Crippen LogP contribution in [0.25, 0.3) is 44.0 Å². The molecule has 0 radical (unpaired) electrons. The Balaban J connectivity index is 0.710. The van der Waals surface area contributed by atoms with Crippen molar-refractivity contribution in [2.45, 2.75) is 38.3 Å². The summed E-state index contributed by atoms with van der Waals surface area (Å²) in [5.74, 6) is 1.01. The highest BCUT2D eigenvalue weighted by Gasteiger charge is 2.31. The molecule has 2 amide bonds. The number of carbonyl (C=O) groups excluding carboxylic acids is 2. The zero-order valence-electron chi connectivity index (χ0n) is 34.8. The zero-order valence-corrected chi connectivity index (χ0v) is 35.5. The van der Waals surface area contributed by atoms with Crippen LogP contribution in [0, 0.1) is 5.82 Å². The summed E-state index contributed by atoms with van der Waals surface area (Å²) in [7, 11) is 0. The van der Waals surface area contributed by atoms with Gasteiger partial charge in [0.1, 0.15) is 54.4 Å². The smallest absolute Gasteiger partial charge is 0.249 e. The molecule has 1 fully saturated rings. The summed E-state index contributed by atoms with van der Waals surface area (Å²) in [6.45, 7) is 2.49. The Morgan fingerprint density at radius 3 is 2.44 bits per heavy atom. The molecule has 1 aliphatic rings. The summed E-state index contributed by atoms with van der Waals surface area (Å²) in [5.41, 5.74) is 6.82. The van der Waals surface area contributed by atoms with Crippen molar-refractivity contribution in [3.8, 4) is 22.6 Å². The molecule has 64 heavy (non-hydrogen) atoms. The van der Waals surface area contributed by atoms with E-state index in [0.29, 0.717) is 68.0 Å². The Labute approximate surface area is 373 Å². The lowest BCUT2D eigenvalue weighted by Crippen LogP contribution is -2.41. The molecule has 0 spiro atoms. The number of hydrogen-bond acceptors (Lipinski definition) is 10. The van der Waals surface area contributed by atoms with Crippen LogP contribution in [0.2, 0.25) is 5.02 Å². The van der Waals surface area contributed by atoms with Crippen molar-refractivity contribution >= 4 is 67.8 Å².